The highest BCUT2D eigenvalue weighted by Gasteiger charge is 2.05. The van der Waals surface area contributed by atoms with E-state index < -0.39 is 0 Å². The second-order valence-corrected chi connectivity index (χ2v) is 4.81. The van der Waals surface area contributed by atoms with E-state index in [4.69, 9.17) is 4.74 Å². The molecule has 0 bridgehead atoms. The number of methoxy groups -OCH3 is 1. The number of anilines is 1. The maximum atomic E-state index is 5.41. The van der Waals surface area contributed by atoms with Gasteiger partial charge in [-0.1, -0.05) is 19.1 Å². The molecule has 2 aromatic rings. The molecular weight excluding hydrogens is 250 g/mol. The molecule has 4 nitrogen and oxygen atoms in total. The number of hydrogen-bond donors (Lipinski definition) is 1. The topological polar surface area (TPSA) is 47.0 Å². The van der Waals surface area contributed by atoms with Crippen LogP contribution in [0.2, 0.25) is 0 Å². The number of nitrogens with one attached hydrogen (secondary N) is 1. The Hall–Kier alpha value is -2.10. The lowest BCUT2D eigenvalue weighted by atomic mass is 10.1. The van der Waals surface area contributed by atoms with Gasteiger partial charge >= 0.3 is 0 Å². The highest BCUT2D eigenvalue weighted by molar-refractivity contribution is 5.42. The molecule has 2 rings (SSSR count). The Morgan fingerprint density at radius 1 is 1.15 bits per heavy atom. The van der Waals surface area contributed by atoms with Gasteiger partial charge in [0.05, 0.1) is 7.11 Å². The molecule has 0 amide bonds. The number of ether oxygens (including phenoxy) is 1. The lowest BCUT2D eigenvalue weighted by Gasteiger charge is -2.11. The molecule has 0 aliphatic carbocycles. The minimum absolute atomic E-state index is 0.684. The maximum absolute atomic E-state index is 5.41. The molecule has 20 heavy (non-hydrogen) atoms. The predicted octanol–water partition coefficient (Wildman–Crippen LogP) is 3.28. The zero-order valence-electron chi connectivity index (χ0n) is 12.5. The summed E-state index contributed by atoms with van der Waals surface area (Å²) in [4.78, 5) is 8.78. The number of hydrogen-bond acceptors (Lipinski definition) is 4. The van der Waals surface area contributed by atoms with Crippen LogP contribution in [0.3, 0.4) is 0 Å². The normalized spacial score (nSPS) is 10.4. The third-order valence-electron chi connectivity index (χ3n) is 3.16. The van der Waals surface area contributed by atoms with Gasteiger partial charge in [-0.15, -0.1) is 0 Å². The number of benzene rings is 1. The Bertz CT molecular complexity index is 596. The summed E-state index contributed by atoms with van der Waals surface area (Å²) < 4.78 is 5.41. The van der Waals surface area contributed by atoms with Gasteiger partial charge in [0.1, 0.15) is 17.4 Å². The quantitative estimate of drug-likeness (QED) is 0.906. The van der Waals surface area contributed by atoms with Crippen LogP contribution in [0.15, 0.2) is 24.3 Å². The highest BCUT2D eigenvalue weighted by Crippen LogP contribution is 2.21. The molecule has 1 heterocycles. The first-order valence-electron chi connectivity index (χ1n) is 6.84. The summed E-state index contributed by atoms with van der Waals surface area (Å²) in [7, 11) is 1.70. The summed E-state index contributed by atoms with van der Waals surface area (Å²) in [6, 6.07) is 8.20. The molecule has 106 valence electrons. The van der Waals surface area contributed by atoms with Crippen molar-refractivity contribution in [2.24, 2.45) is 0 Å². The van der Waals surface area contributed by atoms with Crippen LogP contribution in [-0.4, -0.2) is 17.1 Å². The van der Waals surface area contributed by atoms with E-state index >= 15 is 0 Å². The van der Waals surface area contributed by atoms with Gasteiger partial charge in [0.15, 0.2) is 0 Å². The van der Waals surface area contributed by atoms with Crippen molar-refractivity contribution in [3.63, 3.8) is 0 Å². The molecular formula is C16H21N3O. The minimum Gasteiger partial charge on any atom is -0.496 e. The lowest BCUT2D eigenvalue weighted by molar-refractivity contribution is 0.410. The fourth-order valence-electron chi connectivity index (χ4n) is 2.08. The van der Waals surface area contributed by atoms with Crippen LogP contribution in [0.4, 0.5) is 5.82 Å². The van der Waals surface area contributed by atoms with Crippen molar-refractivity contribution in [3.05, 3.63) is 46.9 Å². The first-order valence-corrected chi connectivity index (χ1v) is 6.84. The smallest absolute Gasteiger partial charge is 0.130 e. The molecule has 0 atom stereocenters. The second-order valence-electron chi connectivity index (χ2n) is 4.81. The summed E-state index contributed by atoms with van der Waals surface area (Å²) in [5.74, 6) is 2.55. The average Bonchev–Trinajstić information content (AvgIpc) is 2.45. The average molecular weight is 271 g/mol. The predicted molar refractivity (Wildman–Crippen MR) is 81.2 cm³/mol. The van der Waals surface area contributed by atoms with Gasteiger partial charge in [0.2, 0.25) is 0 Å². The molecule has 1 aromatic heterocycles. The van der Waals surface area contributed by atoms with Crippen molar-refractivity contribution < 1.29 is 4.74 Å². The maximum Gasteiger partial charge on any atom is 0.130 e. The molecule has 0 aliphatic rings. The van der Waals surface area contributed by atoms with Crippen LogP contribution in [0.5, 0.6) is 5.75 Å². The molecule has 0 radical (unpaired) electrons. The van der Waals surface area contributed by atoms with Crippen molar-refractivity contribution in [2.75, 3.05) is 12.4 Å². The summed E-state index contributed by atoms with van der Waals surface area (Å²) in [5.41, 5.74) is 3.36. The Kier molecular flexibility index (Phi) is 4.56. The lowest BCUT2D eigenvalue weighted by Crippen LogP contribution is -2.06. The Balaban J connectivity index is 2.14. The fourth-order valence-corrected chi connectivity index (χ4v) is 2.08. The van der Waals surface area contributed by atoms with Crippen LogP contribution in [0, 0.1) is 13.8 Å². The van der Waals surface area contributed by atoms with Crippen molar-refractivity contribution in [2.45, 2.75) is 33.7 Å². The molecule has 1 aromatic carbocycles. The van der Waals surface area contributed by atoms with E-state index in [0.717, 1.165) is 35.1 Å². The van der Waals surface area contributed by atoms with Gasteiger partial charge < -0.3 is 10.1 Å². The number of aryl methyl sites for hydroxylation is 3. The molecule has 0 unspecified atom stereocenters. The standard InChI is InChI=1S/C16H21N3O/c1-5-14-9-16(19-12(3)18-14)17-10-13-7-6-11(2)8-15(13)20-4/h6-9H,5,10H2,1-4H3,(H,17,18,19). The molecule has 1 N–H and O–H groups in total. The van der Waals surface area contributed by atoms with Gasteiger partial charge in [-0.3, -0.25) is 0 Å². The molecule has 0 spiro atoms. The molecule has 0 saturated heterocycles. The summed E-state index contributed by atoms with van der Waals surface area (Å²) in [6.07, 6.45) is 0.909. The zero-order chi connectivity index (χ0) is 14.5. The number of nitrogens with zero attached hydrogens (tertiary/aromatic N) is 2. The Morgan fingerprint density at radius 3 is 2.65 bits per heavy atom. The van der Waals surface area contributed by atoms with Gasteiger partial charge in [0.25, 0.3) is 0 Å². The van der Waals surface area contributed by atoms with Crippen molar-refractivity contribution in [1.29, 1.82) is 0 Å². The molecule has 0 aliphatic heterocycles. The monoisotopic (exact) mass is 271 g/mol. The summed E-state index contributed by atoms with van der Waals surface area (Å²) in [5, 5.41) is 3.34. The second kappa shape index (κ2) is 6.37. The van der Waals surface area contributed by atoms with Gasteiger partial charge in [-0.25, -0.2) is 9.97 Å². The zero-order valence-corrected chi connectivity index (χ0v) is 12.5. The van der Waals surface area contributed by atoms with E-state index in [-0.39, 0.29) is 0 Å². The van der Waals surface area contributed by atoms with Gasteiger partial charge in [-0.05, 0) is 31.9 Å². The Morgan fingerprint density at radius 2 is 1.95 bits per heavy atom. The Labute approximate surface area is 120 Å². The first-order chi connectivity index (χ1) is 9.62. The third kappa shape index (κ3) is 3.47. The van der Waals surface area contributed by atoms with E-state index in [2.05, 4.69) is 41.3 Å². The minimum atomic E-state index is 0.684. The van der Waals surface area contributed by atoms with Crippen LogP contribution >= 0.6 is 0 Å². The molecule has 0 saturated carbocycles. The number of aromatic nitrogens is 2. The van der Waals surface area contributed by atoms with E-state index in [1.165, 1.54) is 5.56 Å². The van der Waals surface area contributed by atoms with Crippen molar-refractivity contribution in [3.8, 4) is 5.75 Å². The van der Waals surface area contributed by atoms with Crippen LogP contribution in [0.1, 0.15) is 29.6 Å². The molecule has 4 heteroatoms. The van der Waals surface area contributed by atoms with E-state index in [1.807, 2.05) is 19.1 Å². The first kappa shape index (κ1) is 14.3. The molecule has 0 fully saturated rings. The van der Waals surface area contributed by atoms with Crippen LogP contribution in [0.25, 0.3) is 0 Å². The SMILES string of the molecule is CCc1cc(NCc2ccc(C)cc2OC)nc(C)n1. The third-order valence-corrected chi connectivity index (χ3v) is 3.16. The van der Waals surface area contributed by atoms with Crippen LogP contribution < -0.4 is 10.1 Å². The van der Waals surface area contributed by atoms with Gasteiger partial charge in [0, 0.05) is 23.9 Å². The number of rotatable bonds is 5. The van der Waals surface area contributed by atoms with Crippen molar-refractivity contribution in [1.82, 2.24) is 9.97 Å². The van der Waals surface area contributed by atoms with E-state index in [1.54, 1.807) is 7.11 Å². The summed E-state index contributed by atoms with van der Waals surface area (Å²) >= 11 is 0. The van der Waals surface area contributed by atoms with Gasteiger partial charge in [-0.2, -0.15) is 0 Å². The summed E-state index contributed by atoms with van der Waals surface area (Å²) in [6.45, 7) is 6.75. The van der Waals surface area contributed by atoms with Crippen molar-refractivity contribution >= 4 is 5.82 Å². The largest absolute Gasteiger partial charge is 0.496 e. The van der Waals surface area contributed by atoms with Crippen LogP contribution in [-0.2, 0) is 13.0 Å². The van der Waals surface area contributed by atoms with E-state index in [9.17, 15) is 0 Å². The highest BCUT2D eigenvalue weighted by atomic mass is 16.5. The van der Waals surface area contributed by atoms with E-state index in [0.29, 0.717) is 6.54 Å². The fraction of sp³-hybridized carbons (Fsp3) is 0.375.